The third-order valence-corrected chi connectivity index (χ3v) is 9.89. The van der Waals surface area contributed by atoms with Crippen molar-refractivity contribution in [3.63, 3.8) is 0 Å². The minimum atomic E-state index is 0.397. The summed E-state index contributed by atoms with van der Waals surface area (Å²) >= 11 is 0.801. The number of aromatic nitrogens is 1. The Kier molecular flexibility index (Phi) is 6.57. The van der Waals surface area contributed by atoms with Gasteiger partial charge >= 0.3 is 187 Å². The molecule has 4 heteroatoms. The minimum absolute atomic E-state index is 0.397. The van der Waals surface area contributed by atoms with Gasteiger partial charge in [-0.05, 0) is 0 Å². The molecule has 0 aliphatic carbocycles. The molecule has 0 saturated heterocycles. The molecule has 1 aromatic heterocycles. The third-order valence-electron chi connectivity index (χ3n) is 5.18. The van der Waals surface area contributed by atoms with Crippen molar-refractivity contribution in [2.24, 2.45) is 0 Å². The van der Waals surface area contributed by atoms with Gasteiger partial charge in [-0.1, -0.05) is 0 Å². The van der Waals surface area contributed by atoms with Crippen LogP contribution in [-0.4, -0.2) is 36.0 Å². The first-order chi connectivity index (χ1) is 14.3. The molecule has 1 aliphatic rings. The SMILES string of the molecule is CCc1cccc2[se]c(/C=C/C=C/C=C3\[Se]c4ccccc4N3CC)[n+](CC)c12. The van der Waals surface area contributed by atoms with Gasteiger partial charge < -0.3 is 0 Å². The van der Waals surface area contributed by atoms with Gasteiger partial charge in [0.25, 0.3) is 0 Å². The van der Waals surface area contributed by atoms with E-state index in [0.29, 0.717) is 29.5 Å². The van der Waals surface area contributed by atoms with E-state index in [-0.39, 0.29) is 0 Å². The molecule has 148 valence electrons. The molecule has 0 fully saturated rings. The fourth-order valence-electron chi connectivity index (χ4n) is 3.80. The molecule has 2 aromatic carbocycles. The normalized spacial score (nSPS) is 15.4. The van der Waals surface area contributed by atoms with Crippen LogP contribution in [0, 0.1) is 0 Å². The quantitative estimate of drug-likeness (QED) is 0.274. The Morgan fingerprint density at radius 3 is 2.62 bits per heavy atom. The van der Waals surface area contributed by atoms with Crippen LogP contribution in [0.2, 0.25) is 0 Å². The van der Waals surface area contributed by atoms with Crippen LogP contribution in [-0.2, 0) is 13.0 Å². The number of hydrogen-bond donors (Lipinski definition) is 0. The van der Waals surface area contributed by atoms with Gasteiger partial charge in [0.05, 0.1) is 0 Å². The van der Waals surface area contributed by atoms with Crippen molar-refractivity contribution in [3.8, 4) is 0 Å². The van der Waals surface area contributed by atoms with Crippen LogP contribution in [0.15, 0.2) is 71.4 Å². The fourth-order valence-corrected chi connectivity index (χ4v) is 8.68. The van der Waals surface area contributed by atoms with Gasteiger partial charge in [0.1, 0.15) is 0 Å². The first-order valence-corrected chi connectivity index (χ1v) is 13.7. The Labute approximate surface area is 186 Å². The topological polar surface area (TPSA) is 7.12 Å². The molecule has 4 rings (SSSR count). The Morgan fingerprint density at radius 1 is 0.966 bits per heavy atom. The van der Waals surface area contributed by atoms with Gasteiger partial charge in [0.15, 0.2) is 0 Å². The summed E-state index contributed by atoms with van der Waals surface area (Å²) in [6.45, 7) is 8.80. The summed E-state index contributed by atoms with van der Waals surface area (Å²) in [5.74, 6) is 0. The van der Waals surface area contributed by atoms with Crippen molar-refractivity contribution in [1.82, 2.24) is 0 Å². The van der Waals surface area contributed by atoms with Crippen LogP contribution in [0.25, 0.3) is 15.9 Å². The molecule has 3 aromatic rings. The maximum absolute atomic E-state index is 2.51. The Hall–Kier alpha value is -1.83. The van der Waals surface area contributed by atoms with Crippen LogP contribution in [0.5, 0.6) is 0 Å². The van der Waals surface area contributed by atoms with Crippen molar-refractivity contribution in [2.75, 3.05) is 11.4 Å². The Morgan fingerprint density at radius 2 is 1.83 bits per heavy atom. The molecule has 0 amide bonds. The van der Waals surface area contributed by atoms with Crippen molar-refractivity contribution >= 4 is 55.5 Å². The molecule has 0 unspecified atom stereocenters. The summed E-state index contributed by atoms with van der Waals surface area (Å²) in [7, 11) is 0. The summed E-state index contributed by atoms with van der Waals surface area (Å²) < 4.78 is 8.42. The van der Waals surface area contributed by atoms with E-state index in [1.807, 2.05) is 0 Å². The van der Waals surface area contributed by atoms with Gasteiger partial charge in [-0.25, -0.2) is 0 Å². The Bertz CT molecular complexity index is 1110. The van der Waals surface area contributed by atoms with Gasteiger partial charge in [-0.2, -0.15) is 0 Å². The fraction of sp³-hybridized carbons (Fsp3) is 0.240. The average molecular weight is 513 g/mol. The molecule has 1 aliphatic heterocycles. The molecule has 29 heavy (non-hydrogen) atoms. The Balaban J connectivity index is 1.54. The molecular formula is C25H27N2Se2+. The summed E-state index contributed by atoms with van der Waals surface area (Å²) in [6.07, 6.45) is 12.3. The molecule has 0 bridgehead atoms. The summed E-state index contributed by atoms with van der Waals surface area (Å²) in [5.41, 5.74) is 4.32. The molecule has 0 atom stereocenters. The first kappa shape index (κ1) is 20.4. The van der Waals surface area contributed by atoms with E-state index >= 15 is 0 Å². The van der Waals surface area contributed by atoms with E-state index in [1.54, 1.807) is 0 Å². The predicted molar refractivity (Wildman–Crippen MR) is 127 cm³/mol. The maximum atomic E-state index is 2.51. The molecule has 0 saturated carbocycles. The molecule has 2 heterocycles. The van der Waals surface area contributed by atoms with E-state index in [9.17, 15) is 0 Å². The van der Waals surface area contributed by atoms with Gasteiger partial charge in [-0.15, -0.1) is 0 Å². The van der Waals surface area contributed by atoms with E-state index in [2.05, 4.69) is 103 Å². The van der Waals surface area contributed by atoms with Gasteiger partial charge in [0.2, 0.25) is 0 Å². The summed E-state index contributed by atoms with van der Waals surface area (Å²) in [4.78, 5) is 2.44. The third kappa shape index (κ3) is 4.09. The number of benzene rings is 2. The summed E-state index contributed by atoms with van der Waals surface area (Å²) in [5, 5.41) is 0. The van der Waals surface area contributed by atoms with Crippen molar-refractivity contribution < 1.29 is 4.57 Å². The van der Waals surface area contributed by atoms with Crippen LogP contribution in [0.4, 0.5) is 5.69 Å². The average Bonchev–Trinajstić information content (AvgIpc) is 3.30. The van der Waals surface area contributed by atoms with Gasteiger partial charge in [0, 0.05) is 0 Å². The van der Waals surface area contributed by atoms with E-state index in [0.717, 1.165) is 19.5 Å². The van der Waals surface area contributed by atoms with E-state index < -0.39 is 0 Å². The van der Waals surface area contributed by atoms with Crippen molar-refractivity contribution in [1.29, 1.82) is 0 Å². The number of allylic oxidation sites excluding steroid dienone is 4. The molecule has 0 radical (unpaired) electrons. The molecule has 0 spiro atoms. The van der Waals surface area contributed by atoms with Crippen LogP contribution in [0.1, 0.15) is 30.9 Å². The zero-order chi connectivity index (χ0) is 20.2. The standard InChI is InChI=1S/C25H27N2Se2/c1-4-19-13-12-16-22-25(19)27(6-3)24(29-22)18-9-7-8-17-23-26(5-2)20-14-10-11-15-21(20)28-23/h7-18H,4-6H2,1-3H3/q+1. The van der Waals surface area contributed by atoms with Gasteiger partial charge in [-0.3, -0.25) is 0 Å². The van der Waals surface area contributed by atoms with Crippen LogP contribution < -0.4 is 13.9 Å². The number of rotatable bonds is 6. The number of anilines is 1. The number of fused-ring (bicyclic) bond motifs is 2. The molecule has 0 N–H and O–H groups in total. The van der Waals surface area contributed by atoms with Crippen molar-refractivity contribution in [2.45, 2.75) is 33.7 Å². The zero-order valence-corrected chi connectivity index (χ0v) is 20.7. The number of nitrogens with zero attached hydrogens (tertiary/aromatic N) is 2. The predicted octanol–water partition coefficient (Wildman–Crippen LogP) is 4.05. The van der Waals surface area contributed by atoms with Crippen LogP contribution >= 0.6 is 0 Å². The molecular weight excluding hydrogens is 486 g/mol. The monoisotopic (exact) mass is 515 g/mol. The molecule has 2 nitrogen and oxygen atoms in total. The second kappa shape index (κ2) is 9.32. The first-order valence-electron chi connectivity index (χ1n) is 10.3. The number of hydrogen-bond acceptors (Lipinski definition) is 1. The second-order valence-corrected chi connectivity index (χ2v) is 11.3. The second-order valence-electron chi connectivity index (χ2n) is 6.86. The number of aryl methyl sites for hydroxylation is 2. The number of para-hydroxylation sites is 2. The van der Waals surface area contributed by atoms with Crippen molar-refractivity contribution in [3.05, 3.63) is 81.5 Å². The van der Waals surface area contributed by atoms with Crippen LogP contribution in [0.3, 0.4) is 0 Å². The zero-order valence-electron chi connectivity index (χ0n) is 17.3. The summed E-state index contributed by atoms with van der Waals surface area (Å²) in [6, 6.07) is 15.6. The van der Waals surface area contributed by atoms with E-state index in [1.165, 1.54) is 34.7 Å². The van der Waals surface area contributed by atoms with E-state index in [4.69, 9.17) is 0 Å².